The molecule has 2 atom stereocenters. The van der Waals surface area contributed by atoms with E-state index in [4.69, 9.17) is 0 Å². The Balaban J connectivity index is 1.69. The number of carbonyl (C=O) groups excluding carboxylic acids is 2. The zero-order valence-electron chi connectivity index (χ0n) is 17.4. The van der Waals surface area contributed by atoms with Gasteiger partial charge in [0.2, 0.25) is 5.91 Å². The smallest absolute Gasteiger partial charge is 0.271 e. The van der Waals surface area contributed by atoms with Crippen molar-refractivity contribution in [3.05, 3.63) is 77.1 Å². The van der Waals surface area contributed by atoms with E-state index in [0.717, 1.165) is 12.0 Å². The Morgan fingerprint density at radius 1 is 1.06 bits per heavy atom. The molecule has 31 heavy (non-hydrogen) atoms. The summed E-state index contributed by atoms with van der Waals surface area (Å²) in [4.78, 5) is 29.9. The standard InChI is InChI=1S/C23H25FN4O2S/c1-3-15(2)25-21(29)19(13-16-7-5-4-6-8-16)27-22(30)20-14-31-23(28-20)26-18-11-9-17(24)10-12-18/h4-12,14-15,19H,3,13H2,1-2H3,(H,25,29)(H,26,28)(H,27,30). The first-order valence-electron chi connectivity index (χ1n) is 10.1. The number of halogens is 1. The van der Waals surface area contributed by atoms with Gasteiger partial charge in [-0.3, -0.25) is 9.59 Å². The molecule has 0 radical (unpaired) electrons. The van der Waals surface area contributed by atoms with Gasteiger partial charge in [-0.15, -0.1) is 11.3 Å². The first-order valence-corrected chi connectivity index (χ1v) is 11.0. The molecular weight excluding hydrogens is 415 g/mol. The number of anilines is 2. The van der Waals surface area contributed by atoms with E-state index in [1.165, 1.54) is 23.5 Å². The van der Waals surface area contributed by atoms with Crippen molar-refractivity contribution in [2.75, 3.05) is 5.32 Å². The molecule has 0 aliphatic heterocycles. The van der Waals surface area contributed by atoms with Crippen molar-refractivity contribution < 1.29 is 14.0 Å². The largest absolute Gasteiger partial charge is 0.352 e. The van der Waals surface area contributed by atoms with E-state index < -0.39 is 11.9 Å². The van der Waals surface area contributed by atoms with Crippen LogP contribution in [0.3, 0.4) is 0 Å². The van der Waals surface area contributed by atoms with Gasteiger partial charge < -0.3 is 16.0 Å². The number of amides is 2. The first-order chi connectivity index (χ1) is 14.9. The van der Waals surface area contributed by atoms with Crippen molar-refractivity contribution in [1.29, 1.82) is 0 Å². The molecule has 6 nitrogen and oxygen atoms in total. The molecule has 1 heterocycles. The van der Waals surface area contributed by atoms with E-state index in [1.807, 2.05) is 44.2 Å². The van der Waals surface area contributed by atoms with Gasteiger partial charge in [-0.25, -0.2) is 9.37 Å². The lowest BCUT2D eigenvalue weighted by Crippen LogP contribution is -2.50. The van der Waals surface area contributed by atoms with Crippen LogP contribution in [0.5, 0.6) is 0 Å². The average Bonchev–Trinajstić information content (AvgIpc) is 3.24. The van der Waals surface area contributed by atoms with Crippen molar-refractivity contribution in [3.63, 3.8) is 0 Å². The second-order valence-electron chi connectivity index (χ2n) is 7.20. The molecule has 3 rings (SSSR count). The van der Waals surface area contributed by atoms with Gasteiger partial charge in [0.05, 0.1) is 0 Å². The van der Waals surface area contributed by atoms with Crippen molar-refractivity contribution in [1.82, 2.24) is 15.6 Å². The van der Waals surface area contributed by atoms with Crippen molar-refractivity contribution in [2.24, 2.45) is 0 Å². The summed E-state index contributed by atoms with van der Waals surface area (Å²) in [5.41, 5.74) is 1.82. The molecule has 0 bridgehead atoms. The van der Waals surface area contributed by atoms with Crippen LogP contribution in [0.15, 0.2) is 60.0 Å². The zero-order valence-corrected chi connectivity index (χ0v) is 18.2. The molecule has 3 N–H and O–H groups in total. The van der Waals surface area contributed by atoms with Crippen LogP contribution in [0.1, 0.15) is 36.3 Å². The number of rotatable bonds is 9. The molecule has 3 aromatic rings. The van der Waals surface area contributed by atoms with Crippen LogP contribution in [0.25, 0.3) is 0 Å². The molecular formula is C23H25FN4O2S. The monoisotopic (exact) mass is 440 g/mol. The summed E-state index contributed by atoms with van der Waals surface area (Å²) in [7, 11) is 0. The molecule has 0 aliphatic carbocycles. The lowest BCUT2D eigenvalue weighted by atomic mass is 10.0. The highest BCUT2D eigenvalue weighted by Crippen LogP contribution is 2.21. The normalized spacial score (nSPS) is 12.6. The molecule has 0 aliphatic rings. The molecule has 0 saturated carbocycles. The summed E-state index contributed by atoms with van der Waals surface area (Å²) < 4.78 is 13.1. The predicted molar refractivity (Wildman–Crippen MR) is 121 cm³/mol. The highest BCUT2D eigenvalue weighted by Gasteiger charge is 2.24. The third kappa shape index (κ3) is 6.62. The lowest BCUT2D eigenvalue weighted by Gasteiger charge is -2.20. The summed E-state index contributed by atoms with van der Waals surface area (Å²) in [5, 5.41) is 10.9. The third-order valence-corrected chi connectivity index (χ3v) is 5.50. The van der Waals surface area contributed by atoms with Crippen LogP contribution in [-0.4, -0.2) is 28.9 Å². The topological polar surface area (TPSA) is 83.1 Å². The Morgan fingerprint density at radius 2 is 1.77 bits per heavy atom. The summed E-state index contributed by atoms with van der Waals surface area (Å²) in [5.74, 6) is -0.986. The van der Waals surface area contributed by atoms with E-state index in [2.05, 4.69) is 20.9 Å². The minimum atomic E-state index is -0.723. The molecule has 2 amide bonds. The Hall–Kier alpha value is -3.26. The fourth-order valence-electron chi connectivity index (χ4n) is 2.83. The maximum Gasteiger partial charge on any atom is 0.271 e. The molecule has 0 saturated heterocycles. The number of nitrogens with zero attached hydrogens (tertiary/aromatic N) is 1. The maximum atomic E-state index is 13.1. The fourth-order valence-corrected chi connectivity index (χ4v) is 3.54. The van der Waals surface area contributed by atoms with Gasteiger partial charge in [-0.2, -0.15) is 0 Å². The number of aromatic nitrogens is 1. The highest BCUT2D eigenvalue weighted by molar-refractivity contribution is 7.14. The minimum Gasteiger partial charge on any atom is -0.352 e. The summed E-state index contributed by atoms with van der Waals surface area (Å²) in [6.45, 7) is 3.91. The van der Waals surface area contributed by atoms with Gasteiger partial charge in [-0.05, 0) is 43.2 Å². The zero-order chi connectivity index (χ0) is 22.2. The SMILES string of the molecule is CCC(C)NC(=O)C(Cc1ccccc1)NC(=O)c1csc(Nc2ccc(F)cc2)n1. The van der Waals surface area contributed by atoms with Crippen LogP contribution < -0.4 is 16.0 Å². The highest BCUT2D eigenvalue weighted by atomic mass is 32.1. The van der Waals surface area contributed by atoms with E-state index in [-0.39, 0.29) is 23.5 Å². The third-order valence-electron chi connectivity index (χ3n) is 4.74. The van der Waals surface area contributed by atoms with E-state index in [0.29, 0.717) is 17.2 Å². The average molecular weight is 441 g/mol. The van der Waals surface area contributed by atoms with Crippen LogP contribution in [0, 0.1) is 5.82 Å². The van der Waals surface area contributed by atoms with Crippen molar-refractivity contribution in [2.45, 2.75) is 38.8 Å². The Bertz CT molecular complexity index is 1010. The van der Waals surface area contributed by atoms with Crippen LogP contribution in [0.4, 0.5) is 15.2 Å². The number of hydrogen-bond acceptors (Lipinski definition) is 5. The van der Waals surface area contributed by atoms with Crippen LogP contribution >= 0.6 is 11.3 Å². The molecule has 0 spiro atoms. The first kappa shape index (κ1) is 22.4. The molecule has 2 aromatic carbocycles. The Morgan fingerprint density at radius 3 is 2.45 bits per heavy atom. The Kier molecular flexibility index (Phi) is 7.72. The van der Waals surface area contributed by atoms with E-state index in [1.54, 1.807) is 17.5 Å². The summed E-state index contributed by atoms with van der Waals surface area (Å²) >= 11 is 1.25. The lowest BCUT2D eigenvalue weighted by molar-refractivity contribution is -0.123. The van der Waals surface area contributed by atoms with E-state index >= 15 is 0 Å². The summed E-state index contributed by atoms with van der Waals surface area (Å²) in [6, 6.07) is 14.7. The second kappa shape index (κ2) is 10.7. The predicted octanol–water partition coefficient (Wildman–Crippen LogP) is 4.28. The molecule has 2 unspecified atom stereocenters. The fraction of sp³-hybridized carbons (Fsp3) is 0.261. The van der Waals surface area contributed by atoms with Crippen molar-refractivity contribution >= 4 is 34.0 Å². The molecule has 8 heteroatoms. The minimum absolute atomic E-state index is 0.00783. The summed E-state index contributed by atoms with van der Waals surface area (Å²) in [6.07, 6.45) is 1.17. The van der Waals surface area contributed by atoms with Gasteiger partial charge in [-0.1, -0.05) is 37.3 Å². The molecule has 162 valence electrons. The van der Waals surface area contributed by atoms with Crippen LogP contribution in [-0.2, 0) is 11.2 Å². The maximum absolute atomic E-state index is 13.1. The quantitative estimate of drug-likeness (QED) is 0.464. The number of thiazole rings is 1. The molecule has 1 aromatic heterocycles. The van der Waals surface area contributed by atoms with Gasteiger partial charge in [0, 0.05) is 23.5 Å². The van der Waals surface area contributed by atoms with E-state index in [9.17, 15) is 14.0 Å². The van der Waals surface area contributed by atoms with Crippen molar-refractivity contribution in [3.8, 4) is 0 Å². The number of benzene rings is 2. The number of nitrogens with one attached hydrogen (secondary N) is 3. The van der Waals surface area contributed by atoms with Gasteiger partial charge in [0.25, 0.3) is 5.91 Å². The number of carbonyl (C=O) groups is 2. The van der Waals surface area contributed by atoms with Crippen LogP contribution in [0.2, 0.25) is 0 Å². The Labute approximate surface area is 184 Å². The van der Waals surface area contributed by atoms with Gasteiger partial charge >= 0.3 is 0 Å². The second-order valence-corrected chi connectivity index (χ2v) is 8.06. The number of hydrogen-bond donors (Lipinski definition) is 3. The molecule has 0 fully saturated rings. The van der Waals surface area contributed by atoms with Gasteiger partial charge in [0.15, 0.2) is 5.13 Å². The van der Waals surface area contributed by atoms with Gasteiger partial charge in [0.1, 0.15) is 17.6 Å².